The second-order valence-electron chi connectivity index (χ2n) is 4.58. The van der Waals surface area contributed by atoms with Crippen molar-refractivity contribution in [2.75, 3.05) is 5.73 Å². The van der Waals surface area contributed by atoms with Gasteiger partial charge in [0.15, 0.2) is 11.6 Å². The lowest BCUT2D eigenvalue weighted by molar-refractivity contribution is 0.0977. The van der Waals surface area contributed by atoms with E-state index in [0.29, 0.717) is 16.7 Å². The molecule has 0 saturated heterocycles. The summed E-state index contributed by atoms with van der Waals surface area (Å²) < 4.78 is 0. The number of nitrogens with two attached hydrogens (primary N) is 1. The Morgan fingerprint density at radius 1 is 1.00 bits per heavy atom. The summed E-state index contributed by atoms with van der Waals surface area (Å²) in [7, 11) is 0. The highest BCUT2D eigenvalue weighted by Crippen LogP contribution is 2.37. The molecule has 0 saturated carbocycles. The molecule has 3 N–H and O–H groups in total. The lowest BCUT2D eigenvalue weighted by Gasteiger charge is -2.20. The summed E-state index contributed by atoms with van der Waals surface area (Å²) in [6.45, 7) is 1.69. The van der Waals surface area contributed by atoms with Gasteiger partial charge in [-0.2, -0.15) is 0 Å². The van der Waals surface area contributed by atoms with Gasteiger partial charge in [-0.05, 0) is 18.6 Å². The van der Waals surface area contributed by atoms with Gasteiger partial charge >= 0.3 is 0 Å². The number of phenolic OH excluding ortho intramolecular Hbond substituents is 1. The highest BCUT2D eigenvalue weighted by molar-refractivity contribution is 6.31. The average molecular weight is 253 g/mol. The molecule has 2 aromatic rings. The number of hydrogen-bond acceptors (Lipinski definition) is 4. The molecule has 0 amide bonds. The molecule has 19 heavy (non-hydrogen) atoms. The predicted octanol–water partition coefficient (Wildman–Crippen LogP) is 2.06. The maximum Gasteiger partial charge on any atom is 0.198 e. The van der Waals surface area contributed by atoms with Crippen molar-refractivity contribution in [3.63, 3.8) is 0 Å². The van der Waals surface area contributed by atoms with Gasteiger partial charge in [0, 0.05) is 16.8 Å². The highest BCUT2D eigenvalue weighted by atomic mass is 16.3. The van der Waals surface area contributed by atoms with Crippen LogP contribution in [0.4, 0.5) is 5.69 Å². The Balaban J connectivity index is 2.43. The molecule has 1 aliphatic carbocycles. The van der Waals surface area contributed by atoms with Crippen molar-refractivity contribution in [1.82, 2.24) is 0 Å². The number of ketones is 2. The van der Waals surface area contributed by atoms with Crippen molar-refractivity contribution in [3.8, 4) is 5.75 Å². The first-order chi connectivity index (χ1) is 9.02. The molecule has 2 aromatic carbocycles. The smallest absolute Gasteiger partial charge is 0.198 e. The van der Waals surface area contributed by atoms with Crippen LogP contribution >= 0.6 is 0 Å². The molecule has 0 heterocycles. The summed E-state index contributed by atoms with van der Waals surface area (Å²) in [5.41, 5.74) is 7.48. The minimum atomic E-state index is -0.366. The van der Waals surface area contributed by atoms with E-state index >= 15 is 0 Å². The number of carbonyl (C=O) groups is 2. The fraction of sp³-hybridized carbons (Fsp3) is 0.0667. The van der Waals surface area contributed by atoms with E-state index in [4.69, 9.17) is 5.73 Å². The Kier molecular flexibility index (Phi) is 2.22. The summed E-state index contributed by atoms with van der Waals surface area (Å²) >= 11 is 0. The molecule has 4 nitrogen and oxygen atoms in total. The summed E-state index contributed by atoms with van der Waals surface area (Å²) in [5.74, 6) is -0.884. The van der Waals surface area contributed by atoms with Crippen LogP contribution in [0.2, 0.25) is 0 Å². The molecule has 0 atom stereocenters. The molecule has 0 fully saturated rings. The SMILES string of the molecule is Cc1cc(O)c2c(c1N)C(=O)c1ccccc1C2=O. The molecule has 0 aliphatic heterocycles. The Morgan fingerprint density at radius 2 is 1.53 bits per heavy atom. The van der Waals surface area contributed by atoms with E-state index in [-0.39, 0.29) is 34.1 Å². The van der Waals surface area contributed by atoms with E-state index in [2.05, 4.69) is 0 Å². The first-order valence-electron chi connectivity index (χ1n) is 5.83. The number of aromatic hydroxyl groups is 1. The number of hydrogen-bond donors (Lipinski definition) is 2. The van der Waals surface area contributed by atoms with Gasteiger partial charge in [0.2, 0.25) is 0 Å². The topological polar surface area (TPSA) is 80.4 Å². The maximum absolute atomic E-state index is 12.4. The zero-order chi connectivity index (χ0) is 13.7. The minimum absolute atomic E-state index is 0.00630. The number of rotatable bonds is 0. The number of fused-ring (bicyclic) bond motifs is 2. The highest BCUT2D eigenvalue weighted by Gasteiger charge is 2.33. The second-order valence-corrected chi connectivity index (χ2v) is 4.58. The average Bonchev–Trinajstić information content (AvgIpc) is 2.40. The third-order valence-electron chi connectivity index (χ3n) is 3.42. The van der Waals surface area contributed by atoms with Gasteiger partial charge in [-0.3, -0.25) is 9.59 Å². The predicted molar refractivity (Wildman–Crippen MR) is 70.6 cm³/mol. The third-order valence-corrected chi connectivity index (χ3v) is 3.42. The van der Waals surface area contributed by atoms with Crippen molar-refractivity contribution >= 4 is 17.3 Å². The first kappa shape index (κ1) is 11.5. The fourth-order valence-electron chi connectivity index (χ4n) is 2.43. The lowest BCUT2D eigenvalue weighted by Crippen LogP contribution is -2.22. The quantitative estimate of drug-likeness (QED) is 0.474. The van der Waals surface area contributed by atoms with E-state index in [9.17, 15) is 14.7 Å². The molecular weight excluding hydrogens is 242 g/mol. The molecule has 4 heteroatoms. The van der Waals surface area contributed by atoms with Gasteiger partial charge < -0.3 is 10.8 Å². The summed E-state index contributed by atoms with van der Waals surface area (Å²) in [4.78, 5) is 24.8. The lowest BCUT2D eigenvalue weighted by atomic mass is 9.82. The molecule has 1 aliphatic rings. The van der Waals surface area contributed by atoms with Crippen LogP contribution in [-0.4, -0.2) is 16.7 Å². The molecule has 94 valence electrons. The van der Waals surface area contributed by atoms with Crippen molar-refractivity contribution in [1.29, 1.82) is 0 Å². The summed E-state index contributed by atoms with van der Waals surface area (Å²) in [6.07, 6.45) is 0. The minimum Gasteiger partial charge on any atom is -0.507 e. The number of anilines is 1. The van der Waals surface area contributed by atoms with E-state index in [1.54, 1.807) is 31.2 Å². The molecule has 0 radical (unpaired) electrons. The Labute approximate surface area is 109 Å². The Bertz CT molecular complexity index is 747. The number of aryl methyl sites for hydroxylation is 1. The van der Waals surface area contributed by atoms with E-state index < -0.39 is 0 Å². The standard InChI is InChI=1S/C15H11NO3/c1-7-6-10(17)11-12(13(7)16)15(19)9-5-3-2-4-8(9)14(11)18/h2-6,17H,16H2,1H3. The van der Waals surface area contributed by atoms with Crippen LogP contribution in [0.15, 0.2) is 30.3 Å². The molecule has 0 bridgehead atoms. The normalized spacial score (nSPS) is 13.1. The van der Waals surface area contributed by atoms with E-state index in [0.717, 1.165) is 0 Å². The monoisotopic (exact) mass is 253 g/mol. The van der Waals surface area contributed by atoms with Crippen molar-refractivity contribution in [3.05, 3.63) is 58.1 Å². The van der Waals surface area contributed by atoms with E-state index in [1.165, 1.54) is 6.07 Å². The zero-order valence-corrected chi connectivity index (χ0v) is 10.2. The maximum atomic E-state index is 12.4. The number of carbonyl (C=O) groups excluding carboxylic acids is 2. The van der Waals surface area contributed by atoms with Crippen LogP contribution in [0.3, 0.4) is 0 Å². The van der Waals surface area contributed by atoms with Gasteiger partial charge in [-0.15, -0.1) is 0 Å². The van der Waals surface area contributed by atoms with Gasteiger partial charge in [-0.25, -0.2) is 0 Å². The molecule has 0 spiro atoms. The fourth-order valence-corrected chi connectivity index (χ4v) is 2.43. The first-order valence-corrected chi connectivity index (χ1v) is 5.83. The molecule has 0 aromatic heterocycles. The van der Waals surface area contributed by atoms with Crippen LogP contribution in [0.1, 0.15) is 37.4 Å². The third kappa shape index (κ3) is 1.40. The van der Waals surface area contributed by atoms with Crippen LogP contribution in [-0.2, 0) is 0 Å². The number of nitrogen functional groups attached to an aromatic ring is 1. The molecular formula is C15H11NO3. The Hall–Kier alpha value is -2.62. The van der Waals surface area contributed by atoms with Crippen molar-refractivity contribution in [2.24, 2.45) is 0 Å². The van der Waals surface area contributed by atoms with Gasteiger partial charge in [0.05, 0.1) is 11.1 Å². The summed E-state index contributed by atoms with van der Waals surface area (Å²) in [6, 6.07) is 7.96. The van der Waals surface area contributed by atoms with Gasteiger partial charge in [-0.1, -0.05) is 24.3 Å². The van der Waals surface area contributed by atoms with Crippen LogP contribution in [0.5, 0.6) is 5.75 Å². The molecule has 0 unspecified atom stereocenters. The number of phenols is 1. The van der Waals surface area contributed by atoms with Crippen molar-refractivity contribution < 1.29 is 14.7 Å². The van der Waals surface area contributed by atoms with Gasteiger partial charge in [0.1, 0.15) is 5.75 Å². The molecule has 3 rings (SSSR count). The second kappa shape index (κ2) is 3.68. The van der Waals surface area contributed by atoms with Crippen molar-refractivity contribution in [2.45, 2.75) is 6.92 Å². The number of benzene rings is 2. The van der Waals surface area contributed by atoms with Crippen LogP contribution in [0, 0.1) is 6.92 Å². The van der Waals surface area contributed by atoms with E-state index in [1.807, 2.05) is 0 Å². The van der Waals surface area contributed by atoms with Crippen LogP contribution < -0.4 is 5.73 Å². The Morgan fingerprint density at radius 3 is 2.11 bits per heavy atom. The zero-order valence-electron chi connectivity index (χ0n) is 10.2. The summed E-state index contributed by atoms with van der Waals surface area (Å²) in [5, 5.41) is 9.95. The van der Waals surface area contributed by atoms with Crippen LogP contribution in [0.25, 0.3) is 0 Å². The largest absolute Gasteiger partial charge is 0.507 e. The van der Waals surface area contributed by atoms with Gasteiger partial charge in [0.25, 0.3) is 0 Å².